The van der Waals surface area contributed by atoms with Gasteiger partial charge in [0.25, 0.3) is 21.1 Å². The number of benzene rings is 2. The Kier molecular flexibility index (Phi) is 7.57. The van der Waals surface area contributed by atoms with Crippen LogP contribution in [-0.4, -0.2) is 43.0 Å². The van der Waals surface area contributed by atoms with E-state index in [2.05, 4.69) is 5.10 Å². The summed E-state index contributed by atoms with van der Waals surface area (Å²) in [6.45, 7) is 1.48. The standard InChI is InChI=1S/C32H26F3N5O5S/c1-20-8-10-23(11-9-20)46(44,45)40-28(22-16-36-39(17-22)32(33,34)35)14-25-27(18-37(2)31(43)30(25)40)24-15-29(42)38(12-13-41)19-26(24)21-6-4-3-5-7-21/h3-11,14-19,41H,12-13H2,1-2H3. The highest BCUT2D eigenvalue weighted by Crippen LogP contribution is 2.39. The normalized spacial score (nSPS) is 12.2. The van der Waals surface area contributed by atoms with Crippen molar-refractivity contribution in [3.8, 4) is 33.5 Å². The van der Waals surface area contributed by atoms with E-state index < -0.39 is 27.4 Å². The van der Waals surface area contributed by atoms with Crippen molar-refractivity contribution < 1.29 is 26.7 Å². The Bertz CT molecular complexity index is 2340. The summed E-state index contributed by atoms with van der Waals surface area (Å²) >= 11 is 0. The second kappa shape index (κ2) is 11.3. The molecular weight excluding hydrogens is 623 g/mol. The fourth-order valence-corrected chi connectivity index (χ4v) is 6.91. The highest BCUT2D eigenvalue weighted by Gasteiger charge is 2.34. The molecule has 0 aliphatic heterocycles. The van der Waals surface area contributed by atoms with Gasteiger partial charge in [-0.1, -0.05) is 48.0 Å². The molecule has 4 aromatic heterocycles. The first-order valence-corrected chi connectivity index (χ1v) is 15.4. The van der Waals surface area contributed by atoms with E-state index in [0.717, 1.165) is 20.3 Å². The Morgan fingerprint density at radius 1 is 0.870 bits per heavy atom. The largest absolute Gasteiger partial charge is 0.504 e. The number of halogens is 3. The lowest BCUT2D eigenvalue weighted by Crippen LogP contribution is -2.24. The Balaban J connectivity index is 1.75. The van der Waals surface area contributed by atoms with E-state index in [1.807, 2.05) is 0 Å². The molecular formula is C32H26F3N5O5S. The number of hydrogen-bond acceptors (Lipinski definition) is 6. The number of aliphatic hydroxyl groups is 1. The van der Waals surface area contributed by atoms with Crippen LogP contribution in [0.5, 0.6) is 0 Å². The van der Waals surface area contributed by atoms with Crippen LogP contribution < -0.4 is 11.1 Å². The topological polar surface area (TPSA) is 121 Å². The van der Waals surface area contributed by atoms with Gasteiger partial charge in [-0.3, -0.25) is 9.59 Å². The number of hydrogen-bond donors (Lipinski definition) is 1. The maximum atomic E-state index is 14.3. The van der Waals surface area contributed by atoms with Gasteiger partial charge in [0.05, 0.1) is 23.4 Å². The van der Waals surface area contributed by atoms with Gasteiger partial charge in [-0.2, -0.15) is 9.78 Å². The van der Waals surface area contributed by atoms with Crippen LogP contribution >= 0.6 is 0 Å². The zero-order chi connectivity index (χ0) is 33.0. The molecule has 0 radical (unpaired) electrons. The van der Waals surface area contributed by atoms with Gasteiger partial charge >= 0.3 is 6.30 Å². The molecule has 46 heavy (non-hydrogen) atoms. The van der Waals surface area contributed by atoms with E-state index in [0.29, 0.717) is 22.9 Å². The van der Waals surface area contributed by atoms with Crippen molar-refractivity contribution in [3.05, 3.63) is 118 Å². The van der Waals surface area contributed by atoms with Crippen molar-refractivity contribution in [2.75, 3.05) is 6.61 Å². The molecule has 0 saturated heterocycles. The first-order valence-electron chi connectivity index (χ1n) is 13.9. The number of aryl methyl sites for hydroxylation is 2. The van der Waals surface area contributed by atoms with Crippen LogP contribution in [0, 0.1) is 6.92 Å². The Morgan fingerprint density at radius 3 is 2.20 bits per heavy atom. The van der Waals surface area contributed by atoms with Gasteiger partial charge in [0.2, 0.25) is 0 Å². The molecule has 0 saturated carbocycles. The number of alkyl halides is 3. The number of aromatic nitrogens is 5. The molecule has 0 amide bonds. The summed E-state index contributed by atoms with van der Waals surface area (Å²) in [7, 11) is -3.16. The summed E-state index contributed by atoms with van der Waals surface area (Å²) in [5, 5.41) is 13.0. The minimum Gasteiger partial charge on any atom is -0.395 e. The number of pyridine rings is 2. The number of fused-ring (bicyclic) bond motifs is 1. The van der Waals surface area contributed by atoms with Crippen molar-refractivity contribution in [1.29, 1.82) is 0 Å². The van der Waals surface area contributed by atoms with Crippen LogP contribution in [0.3, 0.4) is 0 Å². The minimum atomic E-state index is -4.88. The Hall–Kier alpha value is -5.21. The molecule has 0 unspecified atom stereocenters. The molecule has 0 spiro atoms. The quantitative estimate of drug-likeness (QED) is 0.268. The van der Waals surface area contributed by atoms with Crippen LogP contribution in [0.1, 0.15) is 5.56 Å². The third kappa shape index (κ3) is 5.24. The fraction of sp³-hybridized carbons (Fsp3) is 0.156. The molecule has 14 heteroatoms. The van der Waals surface area contributed by atoms with Crippen LogP contribution in [0.4, 0.5) is 13.2 Å². The van der Waals surface area contributed by atoms with Gasteiger partial charge in [-0.15, -0.1) is 13.2 Å². The van der Waals surface area contributed by atoms with E-state index in [4.69, 9.17) is 0 Å². The van der Waals surface area contributed by atoms with Crippen molar-refractivity contribution >= 4 is 20.9 Å². The lowest BCUT2D eigenvalue weighted by atomic mass is 9.95. The van der Waals surface area contributed by atoms with Crippen LogP contribution in [0.25, 0.3) is 44.4 Å². The predicted molar refractivity (Wildman–Crippen MR) is 166 cm³/mol. The molecule has 236 valence electrons. The second-order valence-corrected chi connectivity index (χ2v) is 12.5. The van der Waals surface area contributed by atoms with Crippen LogP contribution in [0.2, 0.25) is 0 Å². The second-order valence-electron chi connectivity index (χ2n) is 10.7. The predicted octanol–water partition coefficient (Wildman–Crippen LogP) is 4.71. The van der Waals surface area contributed by atoms with Gasteiger partial charge < -0.3 is 14.2 Å². The van der Waals surface area contributed by atoms with Gasteiger partial charge in [0, 0.05) is 60.3 Å². The molecule has 0 aliphatic carbocycles. The Labute approximate surface area is 259 Å². The third-order valence-corrected chi connectivity index (χ3v) is 9.36. The monoisotopic (exact) mass is 649 g/mol. The lowest BCUT2D eigenvalue weighted by Gasteiger charge is -2.16. The highest BCUT2D eigenvalue weighted by molar-refractivity contribution is 7.90. The van der Waals surface area contributed by atoms with E-state index in [1.165, 1.54) is 42.1 Å². The average molecular weight is 650 g/mol. The van der Waals surface area contributed by atoms with E-state index in [9.17, 15) is 36.3 Å². The maximum absolute atomic E-state index is 14.3. The van der Waals surface area contributed by atoms with Crippen LogP contribution in [-0.2, 0) is 29.9 Å². The summed E-state index contributed by atoms with van der Waals surface area (Å²) in [5.74, 6) is 0. The average Bonchev–Trinajstić information content (AvgIpc) is 3.67. The van der Waals surface area contributed by atoms with Gasteiger partial charge in [0.1, 0.15) is 5.52 Å². The number of aliphatic hydroxyl groups excluding tert-OH is 1. The van der Waals surface area contributed by atoms with Crippen LogP contribution in [0.15, 0.2) is 106 Å². The number of nitrogens with zero attached hydrogens (tertiary/aromatic N) is 5. The van der Waals surface area contributed by atoms with E-state index >= 15 is 0 Å². The first-order chi connectivity index (χ1) is 21.8. The van der Waals surface area contributed by atoms with E-state index in [1.54, 1.807) is 55.6 Å². The molecule has 0 bridgehead atoms. The first kappa shape index (κ1) is 30.8. The molecule has 0 aliphatic rings. The summed E-state index contributed by atoms with van der Waals surface area (Å²) in [5.41, 5.74) is 0.644. The summed E-state index contributed by atoms with van der Waals surface area (Å²) in [6.07, 6.45) is -0.346. The zero-order valence-corrected chi connectivity index (χ0v) is 25.2. The van der Waals surface area contributed by atoms with Gasteiger partial charge in [0.15, 0.2) is 0 Å². The number of rotatable bonds is 7. The fourth-order valence-electron chi connectivity index (χ4n) is 5.39. The molecule has 4 heterocycles. The minimum absolute atomic E-state index is 0.0140. The highest BCUT2D eigenvalue weighted by atomic mass is 32.2. The summed E-state index contributed by atoms with van der Waals surface area (Å²) in [4.78, 5) is 26.8. The smallest absolute Gasteiger partial charge is 0.395 e. The van der Waals surface area contributed by atoms with Gasteiger partial charge in [-0.25, -0.2) is 12.4 Å². The van der Waals surface area contributed by atoms with Crippen molar-refractivity contribution in [3.63, 3.8) is 0 Å². The molecule has 6 rings (SSSR count). The summed E-state index contributed by atoms with van der Waals surface area (Å²) < 4.78 is 72.2. The molecule has 0 fully saturated rings. The molecule has 2 aromatic carbocycles. The lowest BCUT2D eigenvalue weighted by molar-refractivity contribution is -0.212. The molecule has 0 atom stereocenters. The van der Waals surface area contributed by atoms with Gasteiger partial charge in [-0.05, 0) is 36.2 Å². The molecule has 1 N–H and O–H groups in total. The zero-order valence-electron chi connectivity index (χ0n) is 24.4. The molecule has 6 aromatic rings. The maximum Gasteiger partial charge on any atom is 0.504 e. The van der Waals surface area contributed by atoms with Crippen molar-refractivity contribution in [2.45, 2.75) is 24.7 Å². The van der Waals surface area contributed by atoms with Crippen molar-refractivity contribution in [1.82, 2.24) is 22.9 Å². The van der Waals surface area contributed by atoms with Crippen molar-refractivity contribution in [2.24, 2.45) is 7.05 Å². The Morgan fingerprint density at radius 2 is 1.57 bits per heavy atom. The van der Waals surface area contributed by atoms with E-state index in [-0.39, 0.29) is 50.5 Å². The summed E-state index contributed by atoms with van der Waals surface area (Å²) in [6, 6.07) is 17.5. The third-order valence-electron chi connectivity index (χ3n) is 7.63. The SMILES string of the molecule is Cc1ccc(S(=O)(=O)n2c(-c3cnn(C(F)(F)F)c3)cc3c(-c4cc(=O)n(CCO)cc4-c4ccccc4)cn(C)c(=O)c32)cc1. The molecule has 10 nitrogen and oxygen atoms in total.